The van der Waals surface area contributed by atoms with E-state index in [4.69, 9.17) is 23.1 Å². The summed E-state index contributed by atoms with van der Waals surface area (Å²) in [4.78, 5) is 134. The second-order valence-electron chi connectivity index (χ2n) is 18.0. The maximum Gasteiger partial charge on any atom is 0.264 e. The smallest absolute Gasteiger partial charge is 0.264 e. The Morgan fingerprint density at radius 3 is 2.21 bits per heavy atom. The molecule has 10 N–H and O–H groups in total. The number of hydrazine groups is 1. The lowest BCUT2D eigenvalue weighted by Crippen LogP contribution is -2.64. The predicted molar refractivity (Wildman–Crippen MR) is 277 cm³/mol. The molecule has 2 aromatic rings. The molecule has 396 valence electrons. The molecule has 2 saturated heterocycles. The largest absolute Gasteiger partial charge is 0.370 e. The lowest BCUT2D eigenvalue weighted by Gasteiger charge is -2.36. The summed E-state index contributed by atoms with van der Waals surface area (Å²) in [7, 11) is 0. The van der Waals surface area contributed by atoms with Crippen molar-refractivity contribution in [1.29, 1.82) is 0 Å². The maximum absolute atomic E-state index is 15.0. The van der Waals surface area contributed by atoms with Gasteiger partial charge in [0.05, 0.1) is 0 Å². The highest BCUT2D eigenvalue weighted by Crippen LogP contribution is 2.24. The number of nitrogens with zero attached hydrogens (tertiary/aromatic N) is 4. The minimum atomic E-state index is -1.43. The van der Waals surface area contributed by atoms with Crippen molar-refractivity contribution < 1.29 is 43.2 Å². The molecule has 4 rings (SSSR count). The predicted octanol–water partition coefficient (Wildman–Crippen LogP) is 0.975. The molecule has 0 spiro atoms. The van der Waals surface area contributed by atoms with E-state index in [1.165, 1.54) is 34.9 Å². The fourth-order valence-corrected chi connectivity index (χ4v) is 10.2. The Balaban J connectivity index is 1.70. The average Bonchev–Trinajstić information content (AvgIpc) is 4.05. The van der Waals surface area contributed by atoms with E-state index in [2.05, 4.69) is 37.0 Å². The summed E-state index contributed by atoms with van der Waals surface area (Å²) in [6.07, 6.45) is 1.55. The van der Waals surface area contributed by atoms with E-state index in [1.807, 2.05) is 19.2 Å². The lowest BCUT2D eigenvalue weighted by molar-refractivity contribution is -0.154. The Bertz CT molecular complexity index is 2230. The minimum absolute atomic E-state index is 0.0453. The number of nitrogens with one attached hydrogen (secondary N) is 6. The first-order valence-corrected chi connectivity index (χ1v) is 26.8. The molecule has 2 aliphatic rings. The van der Waals surface area contributed by atoms with Crippen LogP contribution in [0.2, 0.25) is 5.02 Å². The molecule has 9 amide bonds. The van der Waals surface area contributed by atoms with E-state index in [-0.39, 0.29) is 75.0 Å². The highest BCUT2D eigenvalue weighted by atomic mass is 35.5. The summed E-state index contributed by atoms with van der Waals surface area (Å²) in [5.74, 6) is -6.21. The Labute approximate surface area is 434 Å². The molecule has 72 heavy (non-hydrogen) atoms. The van der Waals surface area contributed by atoms with Crippen molar-refractivity contribution in [2.75, 3.05) is 37.7 Å². The molecule has 2 fully saturated rings. The zero-order chi connectivity index (χ0) is 53.1. The number of carbonyl (C=O) groups excluding carboxylic acids is 9. The topological polar surface area (TPSA) is 300 Å². The number of benzene rings is 1. The van der Waals surface area contributed by atoms with Gasteiger partial charge < -0.3 is 47.9 Å². The highest BCUT2D eigenvalue weighted by molar-refractivity contribution is 7.99. The van der Waals surface area contributed by atoms with Crippen molar-refractivity contribution in [2.45, 2.75) is 135 Å². The molecule has 0 radical (unpaired) electrons. The number of rotatable bonds is 16. The summed E-state index contributed by atoms with van der Waals surface area (Å²) in [6, 6.07) is 2.00. The van der Waals surface area contributed by atoms with Gasteiger partial charge in [0.2, 0.25) is 47.3 Å². The van der Waals surface area contributed by atoms with Crippen LogP contribution in [0.1, 0.15) is 90.5 Å². The van der Waals surface area contributed by atoms with Crippen molar-refractivity contribution in [3.8, 4) is 0 Å². The molecule has 24 heteroatoms. The molecular weight excluding hydrogens is 988 g/mol. The van der Waals surface area contributed by atoms with E-state index in [0.29, 0.717) is 36.5 Å². The number of amides is 9. The Morgan fingerprint density at radius 2 is 1.58 bits per heavy atom. The number of guanidine groups is 1. The van der Waals surface area contributed by atoms with Gasteiger partial charge in [-0.2, -0.15) is 11.8 Å². The fourth-order valence-electron chi connectivity index (χ4n) is 8.33. The molecule has 3 heterocycles. The summed E-state index contributed by atoms with van der Waals surface area (Å²) in [5, 5.41) is 17.1. The second-order valence-corrected chi connectivity index (χ2v) is 20.7. The zero-order valence-corrected chi connectivity index (χ0v) is 44.3. The number of likely N-dealkylation sites (tertiary alicyclic amines) is 1. The zero-order valence-electron chi connectivity index (χ0n) is 41.9. The van der Waals surface area contributed by atoms with Crippen molar-refractivity contribution in [3.63, 3.8) is 0 Å². The van der Waals surface area contributed by atoms with E-state index < -0.39 is 95.5 Å². The molecule has 21 nitrogen and oxygen atoms in total. The van der Waals surface area contributed by atoms with Gasteiger partial charge in [-0.3, -0.25) is 53.6 Å². The first-order valence-electron chi connectivity index (χ1n) is 24.3. The maximum atomic E-state index is 15.0. The lowest BCUT2D eigenvalue weighted by atomic mass is 10.0. The number of thioether (sulfide) groups is 1. The van der Waals surface area contributed by atoms with Gasteiger partial charge in [-0.1, -0.05) is 43.6 Å². The number of carbonyl (C=O) groups is 9. The molecule has 7 atom stereocenters. The number of nitrogens with two attached hydrogens (primary N) is 2. The first-order chi connectivity index (χ1) is 34.2. The van der Waals surface area contributed by atoms with Gasteiger partial charge >= 0.3 is 0 Å². The van der Waals surface area contributed by atoms with Crippen LogP contribution < -0.4 is 43.5 Å². The van der Waals surface area contributed by atoms with Gasteiger partial charge in [0, 0.05) is 68.0 Å². The standard InChI is InChI=1S/C48H71ClN12O9S2/c1-7-59(8-2)46(69)34(14-9-21-52-48(50)51)55-43(66)37-15-10-22-60(37)47(70)38-27-71-23-12-16-39(63)54-35(25-31-17-19-32(49)20-18-31)41(64)56-36(26-33-13-11-24-72-33)42(65)57-40(28(3)4)44(67)53-29(5)45(68)61(38)58-30(6)62/h11,13,17-20,24,28-29,34-38,40H,7-10,12,14-16,21-23,25-27H2,1-6H3,(H,53,67)(H,54,63)(H,55,66)(H,56,64)(H,57,65)(H,58,62)(H4,50,51,52)/t29-,34+,35-,36-,37-,38-,40+/m0/s1. The van der Waals surface area contributed by atoms with E-state index in [9.17, 15) is 43.2 Å². The van der Waals surface area contributed by atoms with Crippen LogP contribution >= 0.6 is 34.7 Å². The summed E-state index contributed by atoms with van der Waals surface area (Å²) >= 11 is 8.73. The van der Waals surface area contributed by atoms with Crippen LogP contribution in [-0.4, -0.2) is 154 Å². The van der Waals surface area contributed by atoms with Crippen LogP contribution in [0.25, 0.3) is 0 Å². The highest BCUT2D eigenvalue weighted by Gasteiger charge is 2.43. The number of aliphatic imine (C=N–C) groups is 1. The third-order valence-electron chi connectivity index (χ3n) is 12.2. The number of thiophene rings is 1. The molecule has 2 aliphatic heterocycles. The van der Waals surface area contributed by atoms with Crippen LogP contribution in [-0.2, 0) is 56.0 Å². The van der Waals surface area contributed by atoms with Crippen molar-refractivity contribution in [3.05, 3.63) is 57.2 Å². The number of hydrogen-bond donors (Lipinski definition) is 8. The summed E-state index contributed by atoms with van der Waals surface area (Å²) in [6.45, 7) is 10.7. The van der Waals surface area contributed by atoms with Crippen molar-refractivity contribution in [1.82, 2.24) is 46.8 Å². The number of likely N-dealkylation sites (N-methyl/N-ethyl adjacent to an activating group) is 1. The monoisotopic (exact) mass is 1060 g/mol. The van der Waals surface area contributed by atoms with Crippen LogP contribution in [0.15, 0.2) is 46.8 Å². The Morgan fingerprint density at radius 1 is 0.903 bits per heavy atom. The minimum Gasteiger partial charge on any atom is -0.370 e. The summed E-state index contributed by atoms with van der Waals surface area (Å²) in [5.41, 5.74) is 14.2. The molecule has 0 unspecified atom stereocenters. The van der Waals surface area contributed by atoms with Gasteiger partial charge in [-0.25, -0.2) is 5.01 Å². The first kappa shape index (κ1) is 58.6. The third-order valence-corrected chi connectivity index (χ3v) is 14.4. The normalized spacial score (nSPS) is 22.4. The Kier molecular flexibility index (Phi) is 23.6. The van der Waals surface area contributed by atoms with E-state index in [1.54, 1.807) is 55.1 Å². The van der Waals surface area contributed by atoms with Gasteiger partial charge in [-0.15, -0.1) is 11.3 Å². The molecule has 0 saturated carbocycles. The fraction of sp³-hybridized carbons (Fsp3) is 0.583. The van der Waals surface area contributed by atoms with Crippen LogP contribution in [0, 0.1) is 5.92 Å². The van der Waals surface area contributed by atoms with E-state index in [0.717, 1.165) is 16.8 Å². The SMILES string of the molecule is CCN(CC)C(=O)[C@@H](CCCN=C(N)N)NC(=O)[C@@H]1CCCN1C(=O)[C@@H]1CSCCCC(=O)N[C@@H](Cc2ccc(Cl)cc2)C(=O)N[C@@H](Cc2cccs2)C(=O)N[C@H](C(C)C)C(=O)N[C@@H](C)C(=O)N1NC(C)=O. The van der Waals surface area contributed by atoms with Gasteiger partial charge in [0.15, 0.2) is 5.96 Å². The number of halogens is 1. The van der Waals surface area contributed by atoms with Gasteiger partial charge in [-0.05, 0) is 93.7 Å². The van der Waals surface area contributed by atoms with Gasteiger partial charge in [0.25, 0.3) is 5.91 Å². The molecule has 0 bridgehead atoms. The van der Waals surface area contributed by atoms with E-state index >= 15 is 0 Å². The molecular formula is C48H71ClN12O9S2. The number of hydrogen-bond acceptors (Lipinski definition) is 12. The average molecular weight is 1060 g/mol. The quantitative estimate of drug-likeness (QED) is 0.0663. The second kappa shape index (κ2) is 28.9. The van der Waals surface area contributed by atoms with Crippen LogP contribution in [0.5, 0.6) is 0 Å². The van der Waals surface area contributed by atoms with Crippen LogP contribution in [0.3, 0.4) is 0 Å². The molecule has 1 aromatic carbocycles. The van der Waals surface area contributed by atoms with Crippen molar-refractivity contribution >= 4 is 93.8 Å². The van der Waals surface area contributed by atoms with Crippen LogP contribution in [0.4, 0.5) is 0 Å². The molecule has 0 aliphatic carbocycles. The van der Waals surface area contributed by atoms with Crippen molar-refractivity contribution in [2.24, 2.45) is 22.4 Å². The third kappa shape index (κ3) is 17.7. The Hall–Kier alpha value is -5.94. The van der Waals surface area contributed by atoms with Gasteiger partial charge in [0.1, 0.15) is 42.3 Å². The summed E-state index contributed by atoms with van der Waals surface area (Å²) < 4.78 is 0. The molecule has 1 aromatic heterocycles.